The summed E-state index contributed by atoms with van der Waals surface area (Å²) < 4.78 is 8.91. The van der Waals surface area contributed by atoms with Crippen LogP contribution in [-0.4, -0.2) is 26.4 Å². The van der Waals surface area contributed by atoms with Crippen molar-refractivity contribution < 1.29 is 9.53 Å². The first-order valence-corrected chi connectivity index (χ1v) is 12.5. The summed E-state index contributed by atoms with van der Waals surface area (Å²) in [6.45, 7) is 8.96. The van der Waals surface area contributed by atoms with Crippen molar-refractivity contribution in [2.45, 2.75) is 51.4 Å². The number of carbonyl (C=O) groups excluding carboxylic acids is 1. The number of aromatic nitrogens is 3. The van der Waals surface area contributed by atoms with Gasteiger partial charge in [0.15, 0.2) is 17.1 Å². The Morgan fingerprint density at radius 2 is 1.91 bits per heavy atom. The lowest BCUT2D eigenvalue weighted by Gasteiger charge is -2.16. The number of carbonyl (C=O) groups is 1. The summed E-state index contributed by atoms with van der Waals surface area (Å²) in [5.41, 5.74) is 1.84. The fourth-order valence-electron chi connectivity index (χ4n) is 3.10. The zero-order valence-electron chi connectivity index (χ0n) is 18.4. The fourth-order valence-corrected chi connectivity index (χ4v) is 4.63. The van der Waals surface area contributed by atoms with Crippen molar-refractivity contribution in [1.82, 2.24) is 14.8 Å². The molecule has 0 spiro atoms. The first-order chi connectivity index (χ1) is 15.3. The zero-order valence-corrected chi connectivity index (χ0v) is 21.6. The lowest BCUT2D eigenvalue weighted by atomic mass is 10.0. The Morgan fingerprint density at radius 1 is 1.19 bits per heavy atom. The molecular weight excluding hydrogens is 512 g/mol. The highest BCUT2D eigenvalue weighted by atomic mass is 79.9. The molecule has 9 heteroatoms. The molecule has 0 fully saturated rings. The first-order valence-electron chi connectivity index (χ1n) is 10.4. The molecule has 2 aromatic carbocycles. The van der Waals surface area contributed by atoms with Crippen molar-refractivity contribution in [3.63, 3.8) is 0 Å². The van der Waals surface area contributed by atoms with Crippen LogP contribution in [0.3, 0.4) is 0 Å². The molecule has 0 aliphatic heterocycles. The maximum Gasteiger partial charge on any atom is 0.234 e. The highest BCUT2D eigenvalue weighted by Gasteiger charge is 2.20. The third-order valence-electron chi connectivity index (χ3n) is 4.82. The van der Waals surface area contributed by atoms with Crippen LogP contribution in [0.2, 0.25) is 5.02 Å². The van der Waals surface area contributed by atoms with Gasteiger partial charge in [0.05, 0.1) is 16.5 Å². The Kier molecular flexibility index (Phi) is 8.62. The Labute approximate surface area is 206 Å². The van der Waals surface area contributed by atoms with E-state index in [1.807, 2.05) is 36.6 Å². The van der Waals surface area contributed by atoms with Crippen LogP contribution in [0.4, 0.5) is 5.69 Å². The number of ether oxygens (including phenoxy) is 1. The minimum atomic E-state index is -0.280. The van der Waals surface area contributed by atoms with E-state index in [1.54, 1.807) is 12.1 Å². The highest BCUT2D eigenvalue weighted by molar-refractivity contribution is 9.10. The highest BCUT2D eigenvalue weighted by Crippen LogP contribution is 2.28. The van der Waals surface area contributed by atoms with Gasteiger partial charge in [0.1, 0.15) is 5.75 Å². The molecule has 32 heavy (non-hydrogen) atoms. The molecule has 0 saturated heterocycles. The molecule has 1 heterocycles. The summed E-state index contributed by atoms with van der Waals surface area (Å²) in [5, 5.41) is 12.6. The van der Waals surface area contributed by atoms with E-state index in [0.717, 1.165) is 16.0 Å². The van der Waals surface area contributed by atoms with Crippen molar-refractivity contribution >= 4 is 50.9 Å². The molecule has 0 saturated carbocycles. The van der Waals surface area contributed by atoms with Crippen LogP contribution >= 0.6 is 39.3 Å². The minimum absolute atomic E-state index is 0.166. The van der Waals surface area contributed by atoms with E-state index in [9.17, 15) is 4.79 Å². The standard InChI is InChI=1S/C23H26BrClN4O2S/c1-5-29-22(15(4)31-18-9-6-16(7-10-18)14(2)3)27-28-23(29)32-13-21(30)26-20-11-8-17(24)12-19(20)25/h6-12,14-15H,5,13H2,1-4H3,(H,26,30). The average Bonchev–Trinajstić information content (AvgIpc) is 3.17. The number of benzene rings is 2. The predicted molar refractivity (Wildman–Crippen MR) is 134 cm³/mol. The maximum absolute atomic E-state index is 12.4. The van der Waals surface area contributed by atoms with Crippen LogP contribution in [0.5, 0.6) is 5.75 Å². The molecule has 1 N–H and O–H groups in total. The smallest absolute Gasteiger partial charge is 0.234 e. The Morgan fingerprint density at radius 3 is 2.53 bits per heavy atom. The lowest BCUT2D eigenvalue weighted by Crippen LogP contribution is -2.15. The van der Waals surface area contributed by atoms with Gasteiger partial charge in [-0.25, -0.2) is 0 Å². The normalized spacial score (nSPS) is 12.1. The summed E-state index contributed by atoms with van der Waals surface area (Å²) in [6, 6.07) is 13.4. The van der Waals surface area contributed by atoms with Crippen LogP contribution in [-0.2, 0) is 11.3 Å². The SMILES string of the molecule is CCn1c(SCC(=O)Nc2ccc(Br)cc2Cl)nnc1C(C)Oc1ccc(C(C)C)cc1. The molecule has 170 valence electrons. The Hall–Kier alpha value is -2.03. The van der Waals surface area contributed by atoms with Gasteiger partial charge in [0.2, 0.25) is 5.91 Å². The summed E-state index contributed by atoms with van der Waals surface area (Å²) in [6.07, 6.45) is -0.280. The third kappa shape index (κ3) is 6.27. The second-order valence-electron chi connectivity index (χ2n) is 7.53. The van der Waals surface area contributed by atoms with E-state index in [4.69, 9.17) is 16.3 Å². The molecule has 1 unspecified atom stereocenters. The summed E-state index contributed by atoms with van der Waals surface area (Å²) in [5.74, 6) is 2.00. The van der Waals surface area contributed by atoms with Crippen molar-refractivity contribution in [2.75, 3.05) is 11.1 Å². The molecule has 1 amide bonds. The maximum atomic E-state index is 12.4. The molecule has 1 aromatic heterocycles. The van der Waals surface area contributed by atoms with Crippen LogP contribution < -0.4 is 10.1 Å². The number of nitrogens with one attached hydrogen (secondary N) is 1. The molecule has 0 radical (unpaired) electrons. The molecule has 0 bridgehead atoms. The van der Waals surface area contributed by atoms with E-state index in [-0.39, 0.29) is 17.8 Å². The van der Waals surface area contributed by atoms with Crippen LogP contribution in [0.15, 0.2) is 52.1 Å². The summed E-state index contributed by atoms with van der Waals surface area (Å²) in [4.78, 5) is 12.4. The lowest BCUT2D eigenvalue weighted by molar-refractivity contribution is -0.113. The predicted octanol–water partition coefficient (Wildman–Crippen LogP) is 6.71. The van der Waals surface area contributed by atoms with Crippen LogP contribution in [0, 0.1) is 0 Å². The largest absolute Gasteiger partial charge is 0.483 e. The summed E-state index contributed by atoms with van der Waals surface area (Å²) >= 11 is 10.9. The van der Waals surface area contributed by atoms with Gasteiger partial charge in [-0.1, -0.05) is 65.3 Å². The van der Waals surface area contributed by atoms with Crippen molar-refractivity contribution in [3.8, 4) is 5.75 Å². The average molecular weight is 538 g/mol. The number of amides is 1. The van der Waals surface area contributed by atoms with Crippen molar-refractivity contribution in [3.05, 3.63) is 63.3 Å². The number of thioether (sulfide) groups is 1. The molecular formula is C23H26BrClN4O2S. The topological polar surface area (TPSA) is 69.0 Å². The minimum Gasteiger partial charge on any atom is -0.483 e. The Bertz CT molecular complexity index is 1070. The van der Waals surface area contributed by atoms with E-state index in [2.05, 4.69) is 57.4 Å². The van der Waals surface area contributed by atoms with Gasteiger partial charge in [0.25, 0.3) is 0 Å². The van der Waals surface area contributed by atoms with Gasteiger partial charge in [-0.2, -0.15) is 0 Å². The summed E-state index contributed by atoms with van der Waals surface area (Å²) in [7, 11) is 0. The molecule has 6 nitrogen and oxygen atoms in total. The van der Waals surface area contributed by atoms with Crippen LogP contribution in [0.1, 0.15) is 51.1 Å². The molecule has 0 aliphatic rings. The van der Waals surface area contributed by atoms with E-state index in [0.29, 0.717) is 28.3 Å². The van der Waals surface area contributed by atoms with Gasteiger partial charge < -0.3 is 14.6 Å². The van der Waals surface area contributed by atoms with Gasteiger partial charge in [0, 0.05) is 11.0 Å². The number of rotatable bonds is 9. The van der Waals surface area contributed by atoms with E-state index >= 15 is 0 Å². The van der Waals surface area contributed by atoms with Crippen molar-refractivity contribution in [2.24, 2.45) is 0 Å². The molecule has 3 aromatic rings. The number of hydrogen-bond donors (Lipinski definition) is 1. The fraction of sp³-hybridized carbons (Fsp3) is 0.348. The number of anilines is 1. The van der Waals surface area contributed by atoms with Gasteiger partial charge in [-0.15, -0.1) is 10.2 Å². The quantitative estimate of drug-likeness (QED) is 0.307. The molecule has 3 rings (SSSR count). The van der Waals surface area contributed by atoms with Gasteiger partial charge in [-0.3, -0.25) is 4.79 Å². The second-order valence-corrected chi connectivity index (χ2v) is 9.80. The number of halogens is 2. The molecule has 1 atom stereocenters. The van der Waals surface area contributed by atoms with E-state index in [1.165, 1.54) is 17.3 Å². The molecule has 0 aliphatic carbocycles. The second kappa shape index (κ2) is 11.2. The van der Waals surface area contributed by atoms with Gasteiger partial charge >= 0.3 is 0 Å². The van der Waals surface area contributed by atoms with E-state index < -0.39 is 0 Å². The van der Waals surface area contributed by atoms with Crippen molar-refractivity contribution in [1.29, 1.82) is 0 Å². The van der Waals surface area contributed by atoms with Gasteiger partial charge in [-0.05, 0) is 55.7 Å². The third-order valence-corrected chi connectivity index (χ3v) is 6.60. The monoisotopic (exact) mass is 536 g/mol. The van der Waals surface area contributed by atoms with Crippen LogP contribution in [0.25, 0.3) is 0 Å². The zero-order chi connectivity index (χ0) is 23.3. The Balaban J connectivity index is 1.62. The number of nitrogens with zero attached hydrogens (tertiary/aromatic N) is 3. The number of hydrogen-bond acceptors (Lipinski definition) is 5. The first kappa shape index (κ1) is 24.6.